The second-order valence-electron chi connectivity index (χ2n) is 4.55. The zero-order chi connectivity index (χ0) is 14.7. The van der Waals surface area contributed by atoms with Crippen LogP contribution < -0.4 is 16.4 Å². The highest BCUT2D eigenvalue weighted by molar-refractivity contribution is 5.92. The number of aromatic amines is 1. The molecule has 2 rings (SSSR count). The molecule has 0 atom stereocenters. The van der Waals surface area contributed by atoms with E-state index < -0.39 is 11.1 Å². The molecule has 1 heterocycles. The van der Waals surface area contributed by atoms with Crippen molar-refractivity contribution in [3.8, 4) is 0 Å². The number of para-hydroxylation sites is 1. The van der Waals surface area contributed by atoms with E-state index in [2.05, 4.69) is 10.4 Å². The molecule has 1 aromatic carbocycles. The summed E-state index contributed by atoms with van der Waals surface area (Å²) in [6.45, 7) is 3.54. The molecular formula is C14H15N3O3. The van der Waals surface area contributed by atoms with Crippen LogP contribution in [0.25, 0.3) is 0 Å². The molecule has 0 unspecified atom stereocenters. The summed E-state index contributed by atoms with van der Waals surface area (Å²) >= 11 is 0. The van der Waals surface area contributed by atoms with Crippen molar-refractivity contribution in [1.29, 1.82) is 0 Å². The van der Waals surface area contributed by atoms with E-state index in [1.54, 1.807) is 0 Å². The molecule has 1 aromatic heterocycles. The van der Waals surface area contributed by atoms with Crippen LogP contribution >= 0.6 is 0 Å². The van der Waals surface area contributed by atoms with Gasteiger partial charge in [-0.25, -0.2) is 4.68 Å². The van der Waals surface area contributed by atoms with Gasteiger partial charge >= 0.3 is 0 Å². The summed E-state index contributed by atoms with van der Waals surface area (Å²) in [7, 11) is 0. The molecule has 0 spiro atoms. The molecule has 0 aliphatic rings. The fraction of sp³-hybridized carbons (Fsp3) is 0.214. The van der Waals surface area contributed by atoms with Crippen LogP contribution in [0, 0.1) is 13.8 Å². The minimum absolute atomic E-state index is 0.233. The van der Waals surface area contributed by atoms with Crippen molar-refractivity contribution in [2.45, 2.75) is 20.4 Å². The standard InChI is InChI=1S/C14H15N3O3/c1-9-4-3-5-10(2)14(9)15-12(19)8-17-13(20)7-6-11(18)16-17/h3-7H,8H2,1-2H3,(H,15,19)(H,16,18). The summed E-state index contributed by atoms with van der Waals surface area (Å²) in [6.07, 6.45) is 0. The largest absolute Gasteiger partial charge is 0.324 e. The van der Waals surface area contributed by atoms with Gasteiger partial charge in [0.25, 0.3) is 11.1 Å². The Hall–Kier alpha value is -2.63. The molecule has 0 saturated carbocycles. The van der Waals surface area contributed by atoms with Crippen molar-refractivity contribution in [2.75, 3.05) is 5.32 Å². The first-order valence-electron chi connectivity index (χ1n) is 6.13. The third-order valence-electron chi connectivity index (χ3n) is 2.94. The predicted octanol–water partition coefficient (Wildman–Crippen LogP) is 0.792. The van der Waals surface area contributed by atoms with Crippen LogP contribution in [0.2, 0.25) is 0 Å². The SMILES string of the molecule is Cc1cccc(C)c1NC(=O)Cn1[nH]c(=O)ccc1=O. The second-order valence-corrected chi connectivity index (χ2v) is 4.55. The average Bonchev–Trinajstić information content (AvgIpc) is 2.38. The molecular weight excluding hydrogens is 258 g/mol. The molecule has 1 amide bonds. The normalized spacial score (nSPS) is 10.3. The van der Waals surface area contributed by atoms with Gasteiger partial charge in [-0.15, -0.1) is 0 Å². The fourth-order valence-corrected chi connectivity index (χ4v) is 1.91. The van der Waals surface area contributed by atoms with Gasteiger partial charge in [0.2, 0.25) is 5.91 Å². The maximum atomic E-state index is 12.0. The van der Waals surface area contributed by atoms with E-state index in [0.717, 1.165) is 33.6 Å². The van der Waals surface area contributed by atoms with Crippen molar-refractivity contribution >= 4 is 11.6 Å². The quantitative estimate of drug-likeness (QED) is 0.867. The summed E-state index contributed by atoms with van der Waals surface area (Å²) in [4.78, 5) is 34.6. The summed E-state index contributed by atoms with van der Waals surface area (Å²) in [5.41, 5.74) is 1.74. The van der Waals surface area contributed by atoms with Crippen molar-refractivity contribution in [1.82, 2.24) is 9.78 Å². The molecule has 0 radical (unpaired) electrons. The van der Waals surface area contributed by atoms with Gasteiger partial charge in [-0.05, 0) is 25.0 Å². The van der Waals surface area contributed by atoms with Crippen LogP contribution in [0.4, 0.5) is 5.69 Å². The van der Waals surface area contributed by atoms with E-state index in [1.165, 1.54) is 0 Å². The molecule has 0 aliphatic carbocycles. The number of anilines is 1. The van der Waals surface area contributed by atoms with E-state index in [-0.39, 0.29) is 12.5 Å². The Morgan fingerprint density at radius 2 is 1.80 bits per heavy atom. The lowest BCUT2D eigenvalue weighted by atomic mass is 10.1. The van der Waals surface area contributed by atoms with Crippen molar-refractivity contribution in [3.63, 3.8) is 0 Å². The number of carbonyl (C=O) groups excluding carboxylic acids is 1. The summed E-state index contributed by atoms with van der Waals surface area (Å²) in [5.74, 6) is -0.369. The van der Waals surface area contributed by atoms with Crippen LogP contribution in [0.3, 0.4) is 0 Å². The zero-order valence-corrected chi connectivity index (χ0v) is 11.3. The van der Waals surface area contributed by atoms with E-state index in [1.807, 2.05) is 32.0 Å². The molecule has 0 fully saturated rings. The molecule has 0 saturated heterocycles. The Labute approximate surface area is 115 Å². The average molecular weight is 273 g/mol. The minimum atomic E-state index is -0.429. The molecule has 104 valence electrons. The highest BCUT2D eigenvalue weighted by atomic mass is 16.2. The smallest absolute Gasteiger partial charge is 0.265 e. The van der Waals surface area contributed by atoms with E-state index >= 15 is 0 Å². The number of aryl methyl sites for hydroxylation is 2. The van der Waals surface area contributed by atoms with Gasteiger partial charge in [-0.3, -0.25) is 19.5 Å². The number of hydrogen-bond acceptors (Lipinski definition) is 3. The first-order chi connectivity index (χ1) is 9.47. The lowest BCUT2D eigenvalue weighted by Gasteiger charge is -2.11. The van der Waals surface area contributed by atoms with Gasteiger partial charge in [0, 0.05) is 17.8 Å². The number of H-pyrrole nitrogens is 1. The van der Waals surface area contributed by atoms with Gasteiger partial charge < -0.3 is 5.32 Å². The number of nitrogens with one attached hydrogen (secondary N) is 2. The van der Waals surface area contributed by atoms with Crippen LogP contribution in [0.15, 0.2) is 39.9 Å². The minimum Gasteiger partial charge on any atom is -0.324 e. The van der Waals surface area contributed by atoms with Crippen LogP contribution in [0.5, 0.6) is 0 Å². The second kappa shape index (κ2) is 5.56. The molecule has 2 aromatic rings. The summed E-state index contributed by atoms with van der Waals surface area (Å²) < 4.78 is 0.977. The van der Waals surface area contributed by atoms with Crippen LogP contribution in [0.1, 0.15) is 11.1 Å². The highest BCUT2D eigenvalue weighted by Gasteiger charge is 2.09. The Morgan fingerprint density at radius 3 is 2.45 bits per heavy atom. The Bertz CT molecular complexity index is 738. The Kier molecular flexibility index (Phi) is 3.84. The Balaban J connectivity index is 2.20. The highest BCUT2D eigenvalue weighted by Crippen LogP contribution is 2.19. The van der Waals surface area contributed by atoms with Gasteiger partial charge in [-0.1, -0.05) is 18.2 Å². The Morgan fingerprint density at radius 1 is 1.15 bits per heavy atom. The first kappa shape index (κ1) is 13.8. The number of rotatable bonds is 3. The lowest BCUT2D eigenvalue weighted by Crippen LogP contribution is -2.33. The third kappa shape index (κ3) is 3.03. The zero-order valence-electron chi connectivity index (χ0n) is 11.3. The molecule has 2 N–H and O–H groups in total. The number of aromatic nitrogens is 2. The van der Waals surface area contributed by atoms with Crippen molar-refractivity contribution in [3.05, 3.63) is 62.2 Å². The van der Waals surface area contributed by atoms with Gasteiger partial charge in [0.1, 0.15) is 6.54 Å². The number of benzene rings is 1. The number of hydrogen-bond donors (Lipinski definition) is 2. The van der Waals surface area contributed by atoms with Gasteiger partial charge in [0.05, 0.1) is 0 Å². The number of carbonyl (C=O) groups is 1. The van der Waals surface area contributed by atoms with Crippen LogP contribution in [-0.2, 0) is 11.3 Å². The fourth-order valence-electron chi connectivity index (χ4n) is 1.91. The molecule has 0 aliphatic heterocycles. The monoisotopic (exact) mass is 273 g/mol. The van der Waals surface area contributed by atoms with Gasteiger partial charge in [0.15, 0.2) is 0 Å². The molecule has 6 heteroatoms. The van der Waals surface area contributed by atoms with E-state index in [4.69, 9.17) is 0 Å². The van der Waals surface area contributed by atoms with Crippen molar-refractivity contribution < 1.29 is 4.79 Å². The summed E-state index contributed by atoms with van der Waals surface area (Å²) in [6, 6.07) is 7.94. The topological polar surface area (TPSA) is 84.0 Å². The maximum absolute atomic E-state index is 12.0. The predicted molar refractivity (Wildman–Crippen MR) is 75.9 cm³/mol. The van der Waals surface area contributed by atoms with Gasteiger partial charge in [-0.2, -0.15) is 0 Å². The van der Waals surface area contributed by atoms with E-state index in [0.29, 0.717) is 0 Å². The summed E-state index contributed by atoms with van der Waals surface area (Å²) in [5, 5.41) is 5.06. The first-order valence-corrected chi connectivity index (χ1v) is 6.13. The maximum Gasteiger partial charge on any atom is 0.265 e. The molecule has 6 nitrogen and oxygen atoms in total. The third-order valence-corrected chi connectivity index (χ3v) is 2.94. The number of amides is 1. The van der Waals surface area contributed by atoms with E-state index in [9.17, 15) is 14.4 Å². The molecule has 0 bridgehead atoms. The lowest BCUT2D eigenvalue weighted by molar-refractivity contribution is -0.117. The molecule has 20 heavy (non-hydrogen) atoms. The van der Waals surface area contributed by atoms with Crippen molar-refractivity contribution in [2.24, 2.45) is 0 Å². The number of nitrogens with zero attached hydrogens (tertiary/aromatic N) is 1. The van der Waals surface area contributed by atoms with Crippen LogP contribution in [-0.4, -0.2) is 15.7 Å².